The van der Waals surface area contributed by atoms with Gasteiger partial charge in [0.1, 0.15) is 0 Å². The molecule has 9 heteroatoms. The first-order chi connectivity index (χ1) is 11.1. The van der Waals surface area contributed by atoms with Crippen LogP contribution in [-0.4, -0.2) is 33.3 Å². The second-order valence-electron chi connectivity index (χ2n) is 5.28. The average molecular weight is 364 g/mol. The third kappa shape index (κ3) is 6.03. The molecule has 0 radical (unpaired) electrons. The molecule has 0 bridgehead atoms. The molecule has 1 aromatic rings. The maximum atomic E-state index is 12.4. The number of halogens is 3. The average Bonchev–Trinajstić information content (AvgIpc) is 2.51. The molecule has 1 aromatic heterocycles. The quantitative estimate of drug-likeness (QED) is 0.692. The Kier molecular flexibility index (Phi) is 7.07. The molecule has 0 atom stereocenters. The van der Waals surface area contributed by atoms with Gasteiger partial charge in [0.15, 0.2) is 0 Å². The van der Waals surface area contributed by atoms with Crippen molar-refractivity contribution in [2.24, 2.45) is 0 Å². The number of thioether (sulfide) groups is 1. The van der Waals surface area contributed by atoms with Crippen molar-refractivity contribution in [3.8, 4) is 0 Å². The molecule has 0 fully saturated rings. The van der Waals surface area contributed by atoms with Crippen molar-refractivity contribution < 1.29 is 27.9 Å². The van der Waals surface area contributed by atoms with E-state index < -0.39 is 23.2 Å². The van der Waals surface area contributed by atoms with Gasteiger partial charge in [-0.2, -0.15) is 13.2 Å². The normalized spacial score (nSPS) is 12.0. The molecule has 1 amide bonds. The minimum atomic E-state index is -4.45. The van der Waals surface area contributed by atoms with Gasteiger partial charge in [0.2, 0.25) is 5.91 Å². The highest BCUT2D eigenvalue weighted by molar-refractivity contribution is 7.99. The van der Waals surface area contributed by atoms with E-state index in [-0.39, 0.29) is 23.1 Å². The van der Waals surface area contributed by atoms with Gasteiger partial charge in [0.05, 0.1) is 22.8 Å². The van der Waals surface area contributed by atoms with Crippen molar-refractivity contribution in [1.29, 1.82) is 0 Å². The molecule has 0 unspecified atom stereocenters. The molecule has 0 aromatic carbocycles. The zero-order valence-electron chi connectivity index (χ0n) is 13.3. The second kappa shape index (κ2) is 8.36. The van der Waals surface area contributed by atoms with E-state index in [2.05, 4.69) is 10.3 Å². The number of hydrogen-bond donors (Lipinski definition) is 2. The lowest BCUT2D eigenvalue weighted by Crippen LogP contribution is -2.49. The number of carboxylic acid groups (broad SMARTS) is 1. The summed E-state index contributed by atoms with van der Waals surface area (Å²) >= 11 is 0.990. The van der Waals surface area contributed by atoms with Crippen molar-refractivity contribution >= 4 is 23.6 Å². The molecule has 0 saturated carbocycles. The molecular weight excluding hydrogens is 345 g/mol. The minimum absolute atomic E-state index is 0.0558. The van der Waals surface area contributed by atoms with Crippen molar-refractivity contribution in [2.45, 2.75) is 49.9 Å². The highest BCUT2D eigenvalue weighted by atomic mass is 32.2. The molecular formula is C15H19F3N2O3S. The number of pyridine rings is 1. The van der Waals surface area contributed by atoms with Gasteiger partial charge in [-0.1, -0.05) is 25.6 Å². The van der Waals surface area contributed by atoms with E-state index in [0.29, 0.717) is 19.0 Å². The Morgan fingerprint density at radius 3 is 2.29 bits per heavy atom. The van der Waals surface area contributed by atoms with Gasteiger partial charge in [0.25, 0.3) is 0 Å². The van der Waals surface area contributed by atoms with Crippen LogP contribution in [-0.2, 0) is 15.8 Å². The standard InChI is InChI=1S/C15H19F3N2O3S/c1-3-14(4-2,7-13(22)23)20-11(21)9-24-12-6-5-10(8-19-12)15(16,17)18/h5-6,8H,3-4,7,9H2,1-2H3,(H,20,21)(H,22,23). The zero-order valence-corrected chi connectivity index (χ0v) is 14.1. The first-order valence-corrected chi connectivity index (χ1v) is 8.29. The van der Waals surface area contributed by atoms with E-state index in [9.17, 15) is 22.8 Å². The fourth-order valence-corrected chi connectivity index (χ4v) is 2.76. The van der Waals surface area contributed by atoms with Gasteiger partial charge in [-0.25, -0.2) is 4.98 Å². The minimum Gasteiger partial charge on any atom is -0.481 e. The van der Waals surface area contributed by atoms with Crippen molar-refractivity contribution in [3.05, 3.63) is 23.9 Å². The SMILES string of the molecule is CCC(CC)(CC(=O)O)NC(=O)CSc1ccc(C(F)(F)F)cn1. The van der Waals surface area contributed by atoms with Crippen LogP contribution in [0.5, 0.6) is 0 Å². The summed E-state index contributed by atoms with van der Waals surface area (Å²) in [5.41, 5.74) is -1.68. The number of carbonyl (C=O) groups is 2. The Morgan fingerprint density at radius 1 is 1.25 bits per heavy atom. The molecule has 134 valence electrons. The number of rotatable bonds is 8. The topological polar surface area (TPSA) is 79.3 Å². The number of aliphatic carboxylic acids is 1. The molecule has 1 heterocycles. The monoisotopic (exact) mass is 364 g/mol. The van der Waals surface area contributed by atoms with Gasteiger partial charge in [-0.3, -0.25) is 9.59 Å². The van der Waals surface area contributed by atoms with Crippen LogP contribution >= 0.6 is 11.8 Å². The van der Waals surface area contributed by atoms with E-state index in [0.717, 1.165) is 17.8 Å². The van der Waals surface area contributed by atoms with Gasteiger partial charge >= 0.3 is 12.1 Å². The summed E-state index contributed by atoms with van der Waals surface area (Å²) in [6, 6.07) is 2.10. The number of aromatic nitrogens is 1. The lowest BCUT2D eigenvalue weighted by molar-refractivity contribution is -0.139. The summed E-state index contributed by atoms with van der Waals surface area (Å²) in [6.07, 6.45) is -3.00. The van der Waals surface area contributed by atoms with Crippen LogP contribution in [0.3, 0.4) is 0 Å². The Bertz CT molecular complexity index is 572. The van der Waals surface area contributed by atoms with Crippen molar-refractivity contribution in [3.63, 3.8) is 0 Å². The van der Waals surface area contributed by atoms with Gasteiger partial charge in [-0.05, 0) is 25.0 Å². The predicted molar refractivity (Wildman–Crippen MR) is 83.7 cm³/mol. The summed E-state index contributed by atoms with van der Waals surface area (Å²) in [4.78, 5) is 26.6. The third-order valence-corrected chi connectivity index (χ3v) is 4.61. The Labute approximate surface area is 142 Å². The Morgan fingerprint density at radius 2 is 1.88 bits per heavy atom. The number of carboxylic acids is 1. The van der Waals surface area contributed by atoms with E-state index in [1.54, 1.807) is 13.8 Å². The lowest BCUT2D eigenvalue weighted by atomic mass is 9.89. The molecule has 24 heavy (non-hydrogen) atoms. The number of carbonyl (C=O) groups excluding carboxylic acids is 1. The van der Waals surface area contributed by atoms with E-state index in [4.69, 9.17) is 5.11 Å². The van der Waals surface area contributed by atoms with Crippen LogP contribution in [0.15, 0.2) is 23.4 Å². The Hall–Kier alpha value is -1.77. The largest absolute Gasteiger partial charge is 0.481 e. The lowest BCUT2D eigenvalue weighted by Gasteiger charge is -2.31. The fraction of sp³-hybridized carbons (Fsp3) is 0.533. The first-order valence-electron chi connectivity index (χ1n) is 7.30. The summed E-state index contributed by atoms with van der Waals surface area (Å²) in [6.45, 7) is 3.58. The Balaban J connectivity index is 2.63. The molecule has 1 rings (SSSR count). The maximum Gasteiger partial charge on any atom is 0.417 e. The molecule has 0 aliphatic heterocycles. The molecule has 0 saturated heterocycles. The zero-order chi connectivity index (χ0) is 18.4. The summed E-state index contributed by atoms with van der Waals surface area (Å²) in [5.74, 6) is -1.44. The van der Waals surface area contributed by atoms with E-state index in [1.807, 2.05) is 0 Å². The highest BCUT2D eigenvalue weighted by Gasteiger charge is 2.32. The first kappa shape index (κ1) is 20.3. The van der Waals surface area contributed by atoms with E-state index >= 15 is 0 Å². The summed E-state index contributed by atoms with van der Waals surface area (Å²) < 4.78 is 37.3. The molecule has 5 nitrogen and oxygen atoms in total. The highest BCUT2D eigenvalue weighted by Crippen LogP contribution is 2.29. The third-order valence-electron chi connectivity index (χ3n) is 3.66. The number of alkyl halides is 3. The van der Waals surface area contributed by atoms with Crippen LogP contribution in [0, 0.1) is 0 Å². The van der Waals surface area contributed by atoms with Crippen LogP contribution in [0.4, 0.5) is 13.2 Å². The number of hydrogen-bond acceptors (Lipinski definition) is 4. The van der Waals surface area contributed by atoms with Gasteiger partial charge in [-0.15, -0.1) is 0 Å². The second-order valence-corrected chi connectivity index (χ2v) is 6.27. The van der Waals surface area contributed by atoms with Crippen molar-refractivity contribution in [1.82, 2.24) is 10.3 Å². The van der Waals surface area contributed by atoms with Crippen LogP contribution in [0.25, 0.3) is 0 Å². The molecule has 0 spiro atoms. The number of amides is 1. The molecule has 0 aliphatic carbocycles. The predicted octanol–water partition coefficient (Wildman–Crippen LogP) is 3.34. The van der Waals surface area contributed by atoms with Crippen LogP contribution in [0.1, 0.15) is 38.7 Å². The van der Waals surface area contributed by atoms with Gasteiger partial charge < -0.3 is 10.4 Å². The fourth-order valence-electron chi connectivity index (χ4n) is 2.12. The summed E-state index contributed by atoms with van der Waals surface area (Å²) in [7, 11) is 0. The number of nitrogens with one attached hydrogen (secondary N) is 1. The van der Waals surface area contributed by atoms with Crippen LogP contribution < -0.4 is 5.32 Å². The van der Waals surface area contributed by atoms with Crippen molar-refractivity contribution in [2.75, 3.05) is 5.75 Å². The van der Waals surface area contributed by atoms with E-state index in [1.165, 1.54) is 6.07 Å². The summed E-state index contributed by atoms with van der Waals surface area (Å²) in [5, 5.41) is 12.0. The maximum absolute atomic E-state index is 12.4. The van der Waals surface area contributed by atoms with Crippen LogP contribution in [0.2, 0.25) is 0 Å². The van der Waals surface area contributed by atoms with Gasteiger partial charge in [0, 0.05) is 11.7 Å². The molecule has 2 N–H and O–H groups in total. The smallest absolute Gasteiger partial charge is 0.417 e. The molecule has 0 aliphatic rings. The number of nitrogens with zero attached hydrogens (tertiary/aromatic N) is 1.